The molecule has 0 aliphatic carbocycles. The smallest absolute Gasteiger partial charge is 0.322 e. The summed E-state index contributed by atoms with van der Waals surface area (Å²) >= 11 is 0. The fourth-order valence-electron chi connectivity index (χ4n) is 2.21. The number of fused-ring (bicyclic) bond motifs is 1. The van der Waals surface area contributed by atoms with E-state index in [0.29, 0.717) is 5.92 Å². The summed E-state index contributed by atoms with van der Waals surface area (Å²) < 4.78 is 10.3. The van der Waals surface area contributed by atoms with E-state index in [-0.39, 0.29) is 12.0 Å². The lowest BCUT2D eigenvalue weighted by atomic mass is 9.93. The van der Waals surface area contributed by atoms with Gasteiger partial charge in [0.1, 0.15) is 11.8 Å². The molecule has 0 amide bonds. The van der Waals surface area contributed by atoms with Gasteiger partial charge in [-0.25, -0.2) is 0 Å². The third-order valence-corrected chi connectivity index (χ3v) is 3.31. The average molecular weight is 249 g/mol. The first kappa shape index (κ1) is 12.9. The number of para-hydroxylation sites is 1. The van der Waals surface area contributed by atoms with Gasteiger partial charge < -0.3 is 14.8 Å². The number of ether oxygens (including phenoxy) is 2. The molecule has 4 heteroatoms. The summed E-state index contributed by atoms with van der Waals surface area (Å²) in [6.45, 7) is 3.31. The Hall–Kier alpha value is -1.55. The molecule has 1 aliphatic rings. The van der Waals surface area contributed by atoms with Gasteiger partial charge in [-0.3, -0.25) is 4.79 Å². The van der Waals surface area contributed by atoms with Crippen LogP contribution in [0.3, 0.4) is 0 Å². The van der Waals surface area contributed by atoms with Crippen LogP contribution in [0.2, 0.25) is 0 Å². The second-order valence-electron chi connectivity index (χ2n) is 4.52. The second-order valence-corrected chi connectivity index (χ2v) is 4.52. The number of carbonyl (C=O) groups is 1. The van der Waals surface area contributed by atoms with E-state index in [1.165, 1.54) is 12.7 Å². The summed E-state index contributed by atoms with van der Waals surface area (Å²) in [5.41, 5.74) is 1.22. The van der Waals surface area contributed by atoms with Crippen LogP contribution in [0.15, 0.2) is 24.3 Å². The maximum absolute atomic E-state index is 11.3. The van der Waals surface area contributed by atoms with Crippen LogP contribution in [-0.4, -0.2) is 32.3 Å². The number of rotatable bonds is 4. The number of hydrogen-bond donors (Lipinski definition) is 1. The number of methoxy groups -OCH3 is 1. The van der Waals surface area contributed by atoms with Crippen molar-refractivity contribution in [2.75, 3.05) is 20.3 Å². The van der Waals surface area contributed by atoms with Crippen LogP contribution in [0, 0.1) is 0 Å². The van der Waals surface area contributed by atoms with Crippen molar-refractivity contribution in [1.29, 1.82) is 0 Å². The molecule has 2 unspecified atom stereocenters. The van der Waals surface area contributed by atoms with Gasteiger partial charge in [0.05, 0.1) is 13.7 Å². The highest BCUT2D eigenvalue weighted by Crippen LogP contribution is 2.32. The van der Waals surface area contributed by atoms with Crippen molar-refractivity contribution in [2.24, 2.45) is 0 Å². The molecule has 0 spiro atoms. The number of nitrogens with one attached hydrogen (secondary N) is 1. The number of hydrogen-bond acceptors (Lipinski definition) is 4. The van der Waals surface area contributed by atoms with Gasteiger partial charge in [-0.15, -0.1) is 0 Å². The minimum atomic E-state index is -0.273. The Labute approximate surface area is 107 Å². The summed E-state index contributed by atoms with van der Waals surface area (Å²) in [4.78, 5) is 11.3. The first-order chi connectivity index (χ1) is 8.72. The molecule has 0 aromatic heterocycles. The van der Waals surface area contributed by atoms with Gasteiger partial charge in [0, 0.05) is 12.5 Å². The standard InChI is InChI=1S/C14H19NO3/c1-10(14(16)17-2)15-9-11-7-8-18-13-6-4-3-5-12(11)13/h3-6,10-11,15H,7-9H2,1-2H3. The van der Waals surface area contributed by atoms with Gasteiger partial charge in [0.15, 0.2) is 0 Å². The Kier molecular flexibility index (Phi) is 4.20. The van der Waals surface area contributed by atoms with Crippen molar-refractivity contribution < 1.29 is 14.3 Å². The number of esters is 1. The third-order valence-electron chi connectivity index (χ3n) is 3.31. The Bertz CT molecular complexity index is 419. The SMILES string of the molecule is COC(=O)C(C)NCC1CCOc2ccccc21. The summed E-state index contributed by atoms with van der Waals surface area (Å²) in [6, 6.07) is 7.80. The minimum Gasteiger partial charge on any atom is -0.493 e. The van der Waals surface area contributed by atoms with Crippen molar-refractivity contribution in [2.45, 2.75) is 25.3 Å². The molecular formula is C14H19NO3. The molecule has 0 saturated carbocycles. The van der Waals surface area contributed by atoms with Crippen LogP contribution in [-0.2, 0) is 9.53 Å². The molecule has 1 aromatic carbocycles. The molecular weight excluding hydrogens is 230 g/mol. The van der Waals surface area contributed by atoms with Crippen LogP contribution in [0.5, 0.6) is 5.75 Å². The molecule has 1 N–H and O–H groups in total. The van der Waals surface area contributed by atoms with Crippen molar-refractivity contribution in [3.63, 3.8) is 0 Å². The van der Waals surface area contributed by atoms with Crippen LogP contribution in [0.4, 0.5) is 0 Å². The molecule has 0 saturated heterocycles. The van der Waals surface area contributed by atoms with Gasteiger partial charge >= 0.3 is 5.97 Å². The highest BCUT2D eigenvalue weighted by atomic mass is 16.5. The van der Waals surface area contributed by atoms with Gasteiger partial charge in [0.25, 0.3) is 0 Å². The molecule has 98 valence electrons. The lowest BCUT2D eigenvalue weighted by Crippen LogP contribution is -2.38. The second kappa shape index (κ2) is 5.87. The fraction of sp³-hybridized carbons (Fsp3) is 0.500. The highest BCUT2D eigenvalue weighted by Gasteiger charge is 2.22. The van der Waals surface area contributed by atoms with E-state index in [1.54, 1.807) is 0 Å². The number of carbonyl (C=O) groups excluding carboxylic acids is 1. The zero-order valence-corrected chi connectivity index (χ0v) is 10.8. The van der Waals surface area contributed by atoms with Gasteiger partial charge in [-0.2, -0.15) is 0 Å². The summed E-state index contributed by atoms with van der Waals surface area (Å²) in [5.74, 6) is 1.12. The molecule has 2 atom stereocenters. The molecule has 0 bridgehead atoms. The van der Waals surface area contributed by atoms with E-state index in [9.17, 15) is 4.79 Å². The van der Waals surface area contributed by atoms with Crippen molar-refractivity contribution in [1.82, 2.24) is 5.32 Å². The van der Waals surface area contributed by atoms with Gasteiger partial charge in [-0.1, -0.05) is 18.2 Å². The summed E-state index contributed by atoms with van der Waals surface area (Å²) in [6.07, 6.45) is 0.970. The largest absolute Gasteiger partial charge is 0.493 e. The Morgan fingerprint density at radius 3 is 3.11 bits per heavy atom. The lowest BCUT2D eigenvalue weighted by molar-refractivity contribution is -0.142. The molecule has 1 heterocycles. The molecule has 18 heavy (non-hydrogen) atoms. The zero-order chi connectivity index (χ0) is 13.0. The van der Waals surface area contributed by atoms with E-state index < -0.39 is 0 Å². The minimum absolute atomic E-state index is 0.227. The van der Waals surface area contributed by atoms with Crippen molar-refractivity contribution in [3.8, 4) is 5.75 Å². The predicted octanol–water partition coefficient (Wildman–Crippen LogP) is 1.70. The molecule has 1 aliphatic heterocycles. The molecule has 0 radical (unpaired) electrons. The molecule has 2 rings (SSSR count). The summed E-state index contributed by atoms with van der Waals surface area (Å²) in [7, 11) is 1.41. The maximum Gasteiger partial charge on any atom is 0.322 e. The van der Waals surface area contributed by atoms with Crippen LogP contribution in [0.1, 0.15) is 24.8 Å². The fourth-order valence-corrected chi connectivity index (χ4v) is 2.21. The van der Waals surface area contributed by atoms with E-state index in [1.807, 2.05) is 25.1 Å². The molecule has 4 nitrogen and oxygen atoms in total. The van der Waals surface area contributed by atoms with E-state index in [2.05, 4.69) is 11.4 Å². The first-order valence-electron chi connectivity index (χ1n) is 6.25. The monoisotopic (exact) mass is 249 g/mol. The Morgan fingerprint density at radius 2 is 2.33 bits per heavy atom. The van der Waals surface area contributed by atoms with Crippen LogP contribution >= 0.6 is 0 Å². The zero-order valence-electron chi connectivity index (χ0n) is 10.8. The van der Waals surface area contributed by atoms with Gasteiger partial charge in [0.2, 0.25) is 0 Å². The average Bonchev–Trinajstić information content (AvgIpc) is 2.43. The molecule has 0 fully saturated rings. The predicted molar refractivity (Wildman–Crippen MR) is 68.8 cm³/mol. The lowest BCUT2D eigenvalue weighted by Gasteiger charge is -2.26. The Balaban J connectivity index is 1.97. The summed E-state index contributed by atoms with van der Waals surface area (Å²) in [5, 5.41) is 3.21. The van der Waals surface area contributed by atoms with Crippen molar-refractivity contribution >= 4 is 5.97 Å². The van der Waals surface area contributed by atoms with Gasteiger partial charge in [-0.05, 0) is 25.0 Å². The van der Waals surface area contributed by atoms with E-state index in [4.69, 9.17) is 9.47 Å². The van der Waals surface area contributed by atoms with Crippen molar-refractivity contribution in [3.05, 3.63) is 29.8 Å². The third kappa shape index (κ3) is 2.82. The Morgan fingerprint density at radius 1 is 1.56 bits per heavy atom. The van der Waals surface area contributed by atoms with E-state index in [0.717, 1.165) is 25.3 Å². The first-order valence-corrected chi connectivity index (χ1v) is 6.25. The quantitative estimate of drug-likeness (QED) is 0.825. The normalized spacial score (nSPS) is 19.6. The molecule has 1 aromatic rings. The van der Waals surface area contributed by atoms with Crippen LogP contribution < -0.4 is 10.1 Å². The van der Waals surface area contributed by atoms with E-state index >= 15 is 0 Å². The maximum atomic E-state index is 11.3. The number of benzene rings is 1. The topological polar surface area (TPSA) is 47.6 Å². The van der Waals surface area contributed by atoms with Crippen LogP contribution in [0.25, 0.3) is 0 Å². The highest BCUT2D eigenvalue weighted by molar-refractivity contribution is 5.75.